The summed E-state index contributed by atoms with van der Waals surface area (Å²) in [7, 11) is 5.36. The summed E-state index contributed by atoms with van der Waals surface area (Å²) < 4.78 is 24.7. The van der Waals surface area contributed by atoms with Gasteiger partial charge in [0.15, 0.2) is 0 Å². The maximum absolute atomic E-state index is 14.3. The molecule has 0 spiro atoms. The smallest absolute Gasteiger partial charge is 0.133 e. The number of benzene rings is 2. The molecular formula is C18H21FN2O2. The van der Waals surface area contributed by atoms with E-state index >= 15 is 0 Å². The van der Waals surface area contributed by atoms with Crippen LogP contribution in [-0.4, -0.2) is 45.7 Å². The molecule has 2 rings (SSSR count). The number of hydrogen-bond donors (Lipinski definition) is 0. The van der Waals surface area contributed by atoms with Gasteiger partial charge >= 0.3 is 0 Å². The first kappa shape index (κ1) is 17.0. The highest BCUT2D eigenvalue weighted by atomic mass is 19.1. The Morgan fingerprint density at radius 3 is 2.43 bits per heavy atom. The molecule has 2 aromatic rings. The molecule has 0 aliphatic rings. The third-order valence-corrected chi connectivity index (χ3v) is 3.11. The maximum Gasteiger partial charge on any atom is 0.133 e. The van der Waals surface area contributed by atoms with Crippen LogP contribution in [0.3, 0.4) is 0 Å². The summed E-state index contributed by atoms with van der Waals surface area (Å²) >= 11 is 0. The molecule has 0 unspecified atom stereocenters. The van der Waals surface area contributed by atoms with E-state index in [1.165, 1.54) is 6.07 Å². The van der Waals surface area contributed by atoms with Crippen LogP contribution in [0.2, 0.25) is 0 Å². The molecule has 0 bridgehead atoms. The van der Waals surface area contributed by atoms with Gasteiger partial charge in [-0.2, -0.15) is 0 Å². The van der Waals surface area contributed by atoms with Gasteiger partial charge in [-0.25, -0.2) is 9.38 Å². The number of halogens is 1. The highest BCUT2D eigenvalue weighted by Crippen LogP contribution is 2.27. The number of aliphatic imine (C=N–C) groups is 1. The average Bonchev–Trinajstić information content (AvgIpc) is 2.54. The zero-order chi connectivity index (χ0) is 16.7. The lowest BCUT2D eigenvalue weighted by Crippen LogP contribution is -2.06. The molecule has 4 nitrogen and oxygen atoms in total. The Kier molecular flexibility index (Phi) is 6.11. The fourth-order valence-electron chi connectivity index (χ4n) is 1.97. The van der Waals surface area contributed by atoms with Gasteiger partial charge in [-0.05, 0) is 29.8 Å². The van der Waals surface area contributed by atoms with Crippen molar-refractivity contribution in [1.29, 1.82) is 0 Å². The van der Waals surface area contributed by atoms with Crippen LogP contribution in [0, 0.1) is 5.82 Å². The second kappa shape index (κ2) is 8.29. The summed E-state index contributed by atoms with van der Waals surface area (Å²) in [6.45, 7) is 1.02. The molecule has 0 saturated carbocycles. The predicted octanol–water partition coefficient (Wildman–Crippen LogP) is 3.74. The molecular weight excluding hydrogens is 295 g/mol. The Morgan fingerprint density at radius 2 is 1.83 bits per heavy atom. The Labute approximate surface area is 136 Å². The van der Waals surface area contributed by atoms with Gasteiger partial charge in [0.05, 0.1) is 18.6 Å². The number of methoxy groups -OCH3 is 1. The number of ether oxygens (including phenoxy) is 2. The number of rotatable bonds is 7. The van der Waals surface area contributed by atoms with Crippen molar-refractivity contribution in [2.24, 2.45) is 4.99 Å². The van der Waals surface area contributed by atoms with Crippen LogP contribution < -0.4 is 4.74 Å². The minimum absolute atomic E-state index is 0.300. The molecule has 0 saturated heterocycles. The van der Waals surface area contributed by atoms with Crippen LogP contribution in [-0.2, 0) is 4.74 Å². The molecule has 0 aliphatic heterocycles. The number of hydrogen-bond acceptors (Lipinski definition) is 3. The average molecular weight is 316 g/mol. The quantitative estimate of drug-likeness (QED) is 0.443. The van der Waals surface area contributed by atoms with E-state index < -0.39 is 0 Å². The normalized spacial score (nSPS) is 11.0. The van der Waals surface area contributed by atoms with Gasteiger partial charge in [0, 0.05) is 32.8 Å². The lowest BCUT2D eigenvalue weighted by atomic mass is 10.0. The summed E-state index contributed by atoms with van der Waals surface area (Å²) in [5.41, 5.74) is 1.92. The van der Waals surface area contributed by atoms with E-state index in [0.717, 1.165) is 11.3 Å². The van der Waals surface area contributed by atoms with Crippen molar-refractivity contribution < 1.29 is 13.9 Å². The van der Waals surface area contributed by atoms with Crippen molar-refractivity contribution in [3.63, 3.8) is 0 Å². The second-order valence-corrected chi connectivity index (χ2v) is 5.24. The first-order valence-electron chi connectivity index (χ1n) is 7.32. The van der Waals surface area contributed by atoms with Crippen molar-refractivity contribution in [2.45, 2.75) is 0 Å². The van der Waals surface area contributed by atoms with Crippen LogP contribution >= 0.6 is 0 Å². The lowest BCUT2D eigenvalue weighted by Gasteiger charge is -2.08. The van der Waals surface area contributed by atoms with Gasteiger partial charge in [0.1, 0.15) is 18.2 Å². The third kappa shape index (κ3) is 5.07. The highest BCUT2D eigenvalue weighted by Gasteiger charge is 2.06. The van der Waals surface area contributed by atoms with E-state index in [4.69, 9.17) is 9.47 Å². The summed E-state index contributed by atoms with van der Waals surface area (Å²) in [6.07, 6.45) is 1.64. The van der Waals surface area contributed by atoms with Crippen molar-refractivity contribution in [1.82, 2.24) is 4.90 Å². The van der Waals surface area contributed by atoms with Crippen LogP contribution in [0.4, 0.5) is 10.1 Å². The van der Waals surface area contributed by atoms with E-state index in [1.807, 2.05) is 38.4 Å². The van der Waals surface area contributed by atoms with Crippen LogP contribution in [0.25, 0.3) is 11.1 Å². The third-order valence-electron chi connectivity index (χ3n) is 3.11. The summed E-state index contributed by atoms with van der Waals surface area (Å²) in [5, 5.41) is 0. The fraction of sp³-hybridized carbons (Fsp3) is 0.278. The summed E-state index contributed by atoms with van der Waals surface area (Å²) in [6, 6.07) is 12.3. The molecule has 0 aliphatic carbocycles. The van der Waals surface area contributed by atoms with Crippen LogP contribution in [0.1, 0.15) is 0 Å². The summed E-state index contributed by atoms with van der Waals surface area (Å²) in [4.78, 5) is 5.99. The van der Waals surface area contributed by atoms with E-state index in [0.29, 0.717) is 24.5 Å². The number of nitrogens with zero attached hydrogens (tertiary/aromatic N) is 2. The molecule has 0 fully saturated rings. The largest absolute Gasteiger partial charge is 0.491 e. The first-order chi connectivity index (χ1) is 11.1. The van der Waals surface area contributed by atoms with E-state index in [9.17, 15) is 4.39 Å². The predicted molar refractivity (Wildman–Crippen MR) is 91.0 cm³/mol. The van der Waals surface area contributed by atoms with Gasteiger partial charge in [0.2, 0.25) is 0 Å². The van der Waals surface area contributed by atoms with Gasteiger partial charge in [-0.1, -0.05) is 12.1 Å². The van der Waals surface area contributed by atoms with Gasteiger partial charge < -0.3 is 14.4 Å². The Hall–Kier alpha value is -2.40. The highest BCUT2D eigenvalue weighted by molar-refractivity contribution is 5.68. The molecule has 0 N–H and O–H groups in total. The molecule has 0 amide bonds. The van der Waals surface area contributed by atoms with E-state index in [2.05, 4.69) is 4.99 Å². The van der Waals surface area contributed by atoms with Crippen molar-refractivity contribution >= 4 is 12.0 Å². The molecule has 0 heterocycles. The Morgan fingerprint density at radius 1 is 1.09 bits per heavy atom. The lowest BCUT2D eigenvalue weighted by molar-refractivity contribution is 0.146. The van der Waals surface area contributed by atoms with E-state index in [1.54, 1.807) is 30.5 Å². The van der Waals surface area contributed by atoms with Gasteiger partial charge in [-0.15, -0.1) is 0 Å². The SMILES string of the molecule is COCCOc1ccc(-c2ccc(N=CN(C)C)cc2F)cc1. The minimum atomic E-state index is -0.300. The molecule has 0 radical (unpaired) electrons. The molecule has 2 aromatic carbocycles. The van der Waals surface area contributed by atoms with Crippen LogP contribution in [0.15, 0.2) is 47.5 Å². The van der Waals surface area contributed by atoms with Crippen molar-refractivity contribution in [2.75, 3.05) is 34.4 Å². The maximum atomic E-state index is 14.3. The first-order valence-corrected chi connectivity index (χ1v) is 7.32. The molecule has 0 aromatic heterocycles. The zero-order valence-corrected chi connectivity index (χ0v) is 13.6. The zero-order valence-electron chi connectivity index (χ0n) is 13.6. The van der Waals surface area contributed by atoms with Crippen molar-refractivity contribution in [3.8, 4) is 16.9 Å². The van der Waals surface area contributed by atoms with Gasteiger partial charge in [0.25, 0.3) is 0 Å². The van der Waals surface area contributed by atoms with Crippen LogP contribution in [0.5, 0.6) is 5.75 Å². The Bertz CT molecular complexity index is 655. The fourth-order valence-corrected chi connectivity index (χ4v) is 1.97. The van der Waals surface area contributed by atoms with Crippen molar-refractivity contribution in [3.05, 3.63) is 48.3 Å². The summed E-state index contributed by atoms with van der Waals surface area (Å²) in [5.74, 6) is 0.435. The standard InChI is InChI=1S/C18H21FN2O2/c1-21(2)13-20-15-6-9-17(18(19)12-15)14-4-7-16(8-5-14)23-11-10-22-3/h4-9,12-13H,10-11H2,1-3H3. The topological polar surface area (TPSA) is 34.1 Å². The minimum Gasteiger partial charge on any atom is -0.491 e. The second-order valence-electron chi connectivity index (χ2n) is 5.24. The Balaban J connectivity index is 2.12. The molecule has 5 heteroatoms. The molecule has 23 heavy (non-hydrogen) atoms. The van der Waals surface area contributed by atoms with Gasteiger partial charge in [-0.3, -0.25) is 0 Å². The molecule has 0 atom stereocenters. The van der Waals surface area contributed by atoms with E-state index in [-0.39, 0.29) is 5.82 Å². The molecule has 122 valence electrons. The monoisotopic (exact) mass is 316 g/mol.